The lowest BCUT2D eigenvalue weighted by Gasteiger charge is -2.41. The summed E-state index contributed by atoms with van der Waals surface area (Å²) < 4.78 is 12.8. The molecule has 0 radical (unpaired) electrons. The molecule has 3 aromatic rings. The number of para-hydroxylation sites is 1. The van der Waals surface area contributed by atoms with Gasteiger partial charge in [0.15, 0.2) is 0 Å². The van der Waals surface area contributed by atoms with Gasteiger partial charge in [0.1, 0.15) is 29.2 Å². The number of ether oxygens (including phenoxy) is 2. The quantitative estimate of drug-likeness (QED) is 0.277. The maximum Gasteiger partial charge on any atom is 0.303 e. The second-order valence-corrected chi connectivity index (χ2v) is 12.1. The second kappa shape index (κ2) is 15.9. The minimum Gasteiger partial charge on any atom is -0.490 e. The lowest BCUT2D eigenvalue weighted by molar-refractivity contribution is -0.137. The van der Waals surface area contributed by atoms with Crippen LogP contribution in [0.2, 0.25) is 0 Å². The van der Waals surface area contributed by atoms with Crippen LogP contribution in [0.15, 0.2) is 54.6 Å². The summed E-state index contributed by atoms with van der Waals surface area (Å²) in [6.07, 6.45) is 10.5. The molecule has 6 rings (SSSR count). The van der Waals surface area contributed by atoms with Crippen LogP contribution in [0.1, 0.15) is 62.6 Å². The average Bonchev–Trinajstić information content (AvgIpc) is 3.01. The summed E-state index contributed by atoms with van der Waals surface area (Å²) in [6, 6.07) is 19.5. The van der Waals surface area contributed by atoms with Gasteiger partial charge in [0.05, 0.1) is 6.42 Å². The van der Waals surface area contributed by atoms with E-state index in [2.05, 4.69) is 34.1 Å². The fourth-order valence-corrected chi connectivity index (χ4v) is 6.38. The first-order valence-electron chi connectivity index (χ1n) is 16.1. The SMILES string of the molecule is O=C(O)CCc1ccc2cccc(OC3CCN(CCc4ccc(OC5CCN(C6CCC6)CC5)cc4)CC3)c2n1.O=CO. The number of rotatable bonds is 11. The molecule has 0 spiro atoms. The Morgan fingerprint density at radius 1 is 0.864 bits per heavy atom. The zero-order chi connectivity index (χ0) is 30.7. The first-order chi connectivity index (χ1) is 21.5. The molecule has 2 aromatic carbocycles. The molecule has 1 saturated carbocycles. The molecule has 9 heteroatoms. The lowest BCUT2D eigenvalue weighted by atomic mass is 9.90. The van der Waals surface area contributed by atoms with Gasteiger partial charge in [-0.05, 0) is 74.8 Å². The van der Waals surface area contributed by atoms with Crippen LogP contribution < -0.4 is 9.47 Å². The summed E-state index contributed by atoms with van der Waals surface area (Å²) in [4.78, 5) is 29.3. The normalized spacial score (nSPS) is 18.6. The number of nitrogens with zero attached hydrogens (tertiary/aromatic N) is 3. The van der Waals surface area contributed by atoms with Crippen LogP contribution in [0.5, 0.6) is 11.5 Å². The number of carboxylic acids is 1. The Hall–Kier alpha value is -3.69. The van der Waals surface area contributed by atoms with Crippen LogP contribution in [0, 0.1) is 0 Å². The van der Waals surface area contributed by atoms with Gasteiger partial charge in [-0.25, -0.2) is 4.98 Å². The topological polar surface area (TPSA) is 112 Å². The summed E-state index contributed by atoms with van der Waals surface area (Å²) in [5, 5.41) is 16.9. The zero-order valence-corrected chi connectivity index (χ0v) is 25.5. The minimum absolute atomic E-state index is 0.0810. The van der Waals surface area contributed by atoms with Crippen LogP contribution in [0.25, 0.3) is 10.9 Å². The van der Waals surface area contributed by atoms with Gasteiger partial charge in [-0.2, -0.15) is 0 Å². The Balaban J connectivity index is 0.00000123. The Morgan fingerprint density at radius 3 is 2.20 bits per heavy atom. The summed E-state index contributed by atoms with van der Waals surface area (Å²) >= 11 is 0. The number of piperidine rings is 2. The molecule has 2 N–H and O–H groups in total. The van der Waals surface area contributed by atoms with Gasteiger partial charge in [0.25, 0.3) is 6.47 Å². The molecule has 3 fully saturated rings. The highest BCUT2D eigenvalue weighted by atomic mass is 16.5. The van der Waals surface area contributed by atoms with Crippen LogP contribution in [0.4, 0.5) is 0 Å². The molecule has 3 aliphatic rings. The highest BCUT2D eigenvalue weighted by Crippen LogP contribution is 2.29. The number of hydrogen-bond donors (Lipinski definition) is 2. The molecule has 0 bridgehead atoms. The molecule has 9 nitrogen and oxygen atoms in total. The molecular formula is C35H45N3O6. The Morgan fingerprint density at radius 2 is 1.55 bits per heavy atom. The van der Waals surface area contributed by atoms with Gasteiger partial charge >= 0.3 is 5.97 Å². The molecule has 0 amide bonds. The number of carbonyl (C=O) groups is 2. The van der Waals surface area contributed by atoms with Crippen LogP contribution in [0.3, 0.4) is 0 Å². The molecule has 0 unspecified atom stereocenters. The van der Waals surface area contributed by atoms with Crippen molar-refractivity contribution in [2.24, 2.45) is 0 Å². The van der Waals surface area contributed by atoms with Crippen LogP contribution in [-0.4, -0.2) is 88.4 Å². The van der Waals surface area contributed by atoms with E-state index in [0.29, 0.717) is 12.5 Å². The molecule has 3 heterocycles. The van der Waals surface area contributed by atoms with Gasteiger partial charge in [-0.1, -0.05) is 36.8 Å². The van der Waals surface area contributed by atoms with Crippen molar-refractivity contribution in [3.63, 3.8) is 0 Å². The summed E-state index contributed by atoms with van der Waals surface area (Å²) in [5.74, 6) is 0.995. The van der Waals surface area contributed by atoms with Gasteiger partial charge < -0.3 is 29.5 Å². The van der Waals surface area contributed by atoms with E-state index in [1.54, 1.807) is 0 Å². The number of carboxylic acid groups (broad SMARTS) is 2. The third kappa shape index (κ3) is 8.92. The smallest absolute Gasteiger partial charge is 0.303 e. The van der Waals surface area contributed by atoms with E-state index in [0.717, 1.165) is 85.9 Å². The Bertz CT molecular complexity index is 1350. The zero-order valence-electron chi connectivity index (χ0n) is 25.5. The third-order valence-corrected chi connectivity index (χ3v) is 9.17. The van der Waals surface area contributed by atoms with Gasteiger partial charge in [-0.3, -0.25) is 9.59 Å². The molecule has 236 valence electrons. The van der Waals surface area contributed by atoms with E-state index in [1.807, 2.05) is 30.3 Å². The summed E-state index contributed by atoms with van der Waals surface area (Å²) in [5.41, 5.74) is 2.97. The predicted molar refractivity (Wildman–Crippen MR) is 169 cm³/mol. The molecule has 2 saturated heterocycles. The van der Waals surface area contributed by atoms with Crippen molar-refractivity contribution in [3.05, 3.63) is 65.9 Å². The molecular weight excluding hydrogens is 558 g/mol. The van der Waals surface area contributed by atoms with E-state index in [-0.39, 0.29) is 19.0 Å². The number of likely N-dealkylation sites (tertiary alicyclic amines) is 2. The molecule has 1 aromatic heterocycles. The average molecular weight is 604 g/mol. The standard InChI is InChI=1S/C34H43N3O4.CH2O2/c38-33(39)14-11-27-10-9-26-3-1-6-32(34(26)35-27)41-31-16-21-36(22-17-31)20-15-25-7-12-29(13-8-25)40-30-18-23-37(24-19-30)28-4-2-5-28;2-1-3/h1,3,6-10,12-13,28,30-31H,2,4-5,11,14-24H2,(H,38,39);1H,(H,2,3). The maximum absolute atomic E-state index is 11.0. The van der Waals surface area contributed by atoms with Crippen molar-refractivity contribution in [2.75, 3.05) is 32.7 Å². The molecule has 0 atom stereocenters. The van der Waals surface area contributed by atoms with Crippen LogP contribution >= 0.6 is 0 Å². The summed E-state index contributed by atoms with van der Waals surface area (Å²) in [6.45, 7) is 5.21. The van der Waals surface area contributed by atoms with Gasteiger partial charge in [0, 0.05) is 56.3 Å². The van der Waals surface area contributed by atoms with Crippen molar-refractivity contribution >= 4 is 23.3 Å². The van der Waals surface area contributed by atoms with E-state index in [4.69, 9.17) is 29.5 Å². The highest BCUT2D eigenvalue weighted by molar-refractivity contribution is 5.84. The molecule has 44 heavy (non-hydrogen) atoms. The fraction of sp³-hybridized carbons (Fsp3) is 0.514. The second-order valence-electron chi connectivity index (χ2n) is 12.1. The number of hydrogen-bond acceptors (Lipinski definition) is 7. The van der Waals surface area contributed by atoms with Gasteiger partial charge in [0.2, 0.25) is 0 Å². The molecule has 2 aliphatic heterocycles. The first kappa shape index (κ1) is 31.7. The largest absolute Gasteiger partial charge is 0.490 e. The number of fused-ring (bicyclic) bond motifs is 1. The lowest BCUT2D eigenvalue weighted by Crippen LogP contribution is -2.46. The predicted octanol–water partition coefficient (Wildman–Crippen LogP) is 5.43. The summed E-state index contributed by atoms with van der Waals surface area (Å²) in [7, 11) is 0. The van der Waals surface area contributed by atoms with Crippen molar-refractivity contribution in [3.8, 4) is 11.5 Å². The Kier molecular flexibility index (Phi) is 11.4. The first-order valence-corrected chi connectivity index (χ1v) is 16.1. The number of aromatic nitrogens is 1. The number of benzene rings is 2. The highest BCUT2D eigenvalue weighted by Gasteiger charge is 2.29. The number of aryl methyl sites for hydroxylation is 1. The maximum atomic E-state index is 11.0. The van der Waals surface area contributed by atoms with E-state index in [1.165, 1.54) is 37.9 Å². The minimum atomic E-state index is -0.806. The Labute approximate surface area is 259 Å². The molecule has 1 aliphatic carbocycles. The van der Waals surface area contributed by atoms with Gasteiger partial charge in [-0.15, -0.1) is 0 Å². The third-order valence-electron chi connectivity index (χ3n) is 9.17. The van der Waals surface area contributed by atoms with E-state index in [9.17, 15) is 4.79 Å². The monoisotopic (exact) mass is 603 g/mol. The van der Waals surface area contributed by atoms with Crippen LogP contribution in [-0.2, 0) is 22.4 Å². The van der Waals surface area contributed by atoms with E-state index >= 15 is 0 Å². The number of pyridine rings is 1. The van der Waals surface area contributed by atoms with Crippen molar-refractivity contribution in [1.82, 2.24) is 14.8 Å². The van der Waals surface area contributed by atoms with Crippen molar-refractivity contribution in [2.45, 2.75) is 82.5 Å². The van der Waals surface area contributed by atoms with Crippen molar-refractivity contribution in [1.29, 1.82) is 0 Å². The van der Waals surface area contributed by atoms with E-state index < -0.39 is 5.97 Å². The number of aliphatic carboxylic acids is 1. The fourth-order valence-electron chi connectivity index (χ4n) is 6.38. The van der Waals surface area contributed by atoms with Crippen molar-refractivity contribution < 1.29 is 29.3 Å².